The van der Waals surface area contributed by atoms with E-state index in [-0.39, 0.29) is 0 Å². The number of carbonyl (C=O) groups excluding carboxylic acids is 1. The molecular formula is C21H18O. The molecule has 0 aliphatic rings. The average Bonchev–Trinajstić information content (AvgIpc) is 2.62. The standard InChI is InChI=1S/C21H18O/c1-2-20-19(15-22)13-18(16-9-5-3-6-10-16)14-21(20)17-11-7-4-8-12-17/h3-15H,2H2,1H3. The van der Waals surface area contributed by atoms with Gasteiger partial charge in [-0.2, -0.15) is 0 Å². The summed E-state index contributed by atoms with van der Waals surface area (Å²) in [5.41, 5.74) is 6.40. The van der Waals surface area contributed by atoms with Gasteiger partial charge in [0.1, 0.15) is 6.29 Å². The number of aldehydes is 1. The third kappa shape index (κ3) is 2.71. The van der Waals surface area contributed by atoms with Crippen LogP contribution < -0.4 is 0 Å². The van der Waals surface area contributed by atoms with E-state index in [0.717, 1.165) is 46.1 Å². The van der Waals surface area contributed by atoms with Gasteiger partial charge in [-0.25, -0.2) is 0 Å². The summed E-state index contributed by atoms with van der Waals surface area (Å²) in [6.45, 7) is 2.09. The second-order valence-electron chi connectivity index (χ2n) is 5.30. The third-order valence-electron chi connectivity index (χ3n) is 3.96. The number of rotatable bonds is 4. The van der Waals surface area contributed by atoms with Crippen LogP contribution in [0.15, 0.2) is 72.8 Å². The van der Waals surface area contributed by atoms with Gasteiger partial charge in [-0.1, -0.05) is 67.6 Å². The van der Waals surface area contributed by atoms with Crippen molar-refractivity contribution in [2.75, 3.05) is 0 Å². The molecule has 0 saturated carbocycles. The Kier molecular flexibility index (Phi) is 4.15. The molecule has 3 aromatic rings. The Morgan fingerprint density at radius 1 is 0.773 bits per heavy atom. The lowest BCUT2D eigenvalue weighted by Crippen LogP contribution is -1.97. The Labute approximate surface area is 131 Å². The highest BCUT2D eigenvalue weighted by atomic mass is 16.1. The zero-order chi connectivity index (χ0) is 15.4. The van der Waals surface area contributed by atoms with E-state index in [0.29, 0.717) is 0 Å². The molecular weight excluding hydrogens is 268 g/mol. The minimum absolute atomic E-state index is 0.780. The molecule has 0 bridgehead atoms. The van der Waals surface area contributed by atoms with Crippen molar-refractivity contribution < 1.29 is 4.79 Å². The van der Waals surface area contributed by atoms with Gasteiger partial charge in [0, 0.05) is 5.56 Å². The molecule has 1 nitrogen and oxygen atoms in total. The van der Waals surface area contributed by atoms with Gasteiger partial charge in [-0.05, 0) is 46.4 Å². The molecule has 3 rings (SSSR count). The van der Waals surface area contributed by atoms with Crippen molar-refractivity contribution in [2.45, 2.75) is 13.3 Å². The van der Waals surface area contributed by atoms with Crippen LogP contribution in [0, 0.1) is 0 Å². The van der Waals surface area contributed by atoms with Gasteiger partial charge in [-0.15, -0.1) is 0 Å². The summed E-state index contributed by atoms with van der Waals surface area (Å²) < 4.78 is 0. The van der Waals surface area contributed by atoms with Crippen LogP contribution in [-0.4, -0.2) is 6.29 Å². The van der Waals surface area contributed by atoms with Gasteiger partial charge in [-0.3, -0.25) is 4.79 Å². The molecule has 0 aromatic heterocycles. The molecule has 0 radical (unpaired) electrons. The predicted octanol–water partition coefficient (Wildman–Crippen LogP) is 5.40. The topological polar surface area (TPSA) is 17.1 Å². The first kappa shape index (κ1) is 14.3. The third-order valence-corrected chi connectivity index (χ3v) is 3.96. The first-order valence-corrected chi connectivity index (χ1v) is 7.56. The molecule has 0 heterocycles. The van der Waals surface area contributed by atoms with Crippen molar-refractivity contribution in [3.8, 4) is 22.3 Å². The van der Waals surface area contributed by atoms with E-state index < -0.39 is 0 Å². The van der Waals surface area contributed by atoms with Gasteiger partial charge in [0.15, 0.2) is 0 Å². The second kappa shape index (κ2) is 6.40. The van der Waals surface area contributed by atoms with Crippen molar-refractivity contribution in [2.24, 2.45) is 0 Å². The number of hydrogen-bond donors (Lipinski definition) is 0. The lowest BCUT2D eigenvalue weighted by Gasteiger charge is -2.14. The Bertz CT molecular complexity index is 774. The average molecular weight is 286 g/mol. The molecule has 0 fully saturated rings. The van der Waals surface area contributed by atoms with Crippen LogP contribution in [0.1, 0.15) is 22.8 Å². The molecule has 0 aliphatic carbocycles. The lowest BCUT2D eigenvalue weighted by molar-refractivity contribution is 0.112. The maximum atomic E-state index is 11.6. The van der Waals surface area contributed by atoms with Gasteiger partial charge < -0.3 is 0 Å². The van der Waals surface area contributed by atoms with Crippen molar-refractivity contribution in [3.63, 3.8) is 0 Å². The summed E-state index contributed by atoms with van der Waals surface area (Å²) in [5, 5.41) is 0. The molecule has 0 aliphatic heterocycles. The van der Waals surface area contributed by atoms with E-state index >= 15 is 0 Å². The van der Waals surface area contributed by atoms with Crippen LogP contribution in [0.3, 0.4) is 0 Å². The largest absolute Gasteiger partial charge is 0.298 e. The Hall–Kier alpha value is -2.67. The first-order chi connectivity index (χ1) is 10.8. The summed E-state index contributed by atoms with van der Waals surface area (Å²) in [6.07, 6.45) is 1.81. The maximum Gasteiger partial charge on any atom is 0.150 e. The number of benzene rings is 3. The second-order valence-corrected chi connectivity index (χ2v) is 5.30. The van der Waals surface area contributed by atoms with Crippen LogP contribution in [0.2, 0.25) is 0 Å². The Balaban J connectivity index is 2.25. The van der Waals surface area contributed by atoms with Crippen LogP contribution in [-0.2, 0) is 6.42 Å². The Morgan fingerprint density at radius 2 is 1.36 bits per heavy atom. The van der Waals surface area contributed by atoms with E-state index in [4.69, 9.17) is 0 Å². The zero-order valence-electron chi connectivity index (χ0n) is 12.6. The van der Waals surface area contributed by atoms with Gasteiger partial charge in [0.25, 0.3) is 0 Å². The fourth-order valence-electron chi connectivity index (χ4n) is 2.87. The van der Waals surface area contributed by atoms with Crippen molar-refractivity contribution in [1.29, 1.82) is 0 Å². The summed E-state index contributed by atoms with van der Waals surface area (Å²) in [4.78, 5) is 11.6. The van der Waals surface area contributed by atoms with Crippen molar-refractivity contribution >= 4 is 6.29 Å². The highest BCUT2D eigenvalue weighted by Gasteiger charge is 2.11. The van der Waals surface area contributed by atoms with E-state index in [2.05, 4.69) is 37.3 Å². The van der Waals surface area contributed by atoms with Crippen molar-refractivity contribution in [3.05, 3.63) is 83.9 Å². The molecule has 1 heteroatoms. The molecule has 0 saturated heterocycles. The minimum atomic E-state index is 0.780. The predicted molar refractivity (Wildman–Crippen MR) is 92.1 cm³/mol. The van der Waals surface area contributed by atoms with Crippen LogP contribution in [0.5, 0.6) is 0 Å². The van der Waals surface area contributed by atoms with Crippen LogP contribution in [0.4, 0.5) is 0 Å². The Morgan fingerprint density at radius 3 is 1.91 bits per heavy atom. The monoisotopic (exact) mass is 286 g/mol. The summed E-state index contributed by atoms with van der Waals surface area (Å²) in [6, 6.07) is 24.6. The molecule has 22 heavy (non-hydrogen) atoms. The zero-order valence-corrected chi connectivity index (χ0v) is 12.6. The highest BCUT2D eigenvalue weighted by Crippen LogP contribution is 2.32. The quantitative estimate of drug-likeness (QED) is 0.587. The smallest absolute Gasteiger partial charge is 0.150 e. The normalized spacial score (nSPS) is 10.4. The van der Waals surface area contributed by atoms with Crippen molar-refractivity contribution in [1.82, 2.24) is 0 Å². The fourth-order valence-corrected chi connectivity index (χ4v) is 2.87. The molecule has 0 amide bonds. The van der Waals surface area contributed by atoms with Gasteiger partial charge >= 0.3 is 0 Å². The van der Waals surface area contributed by atoms with E-state index in [1.807, 2.05) is 42.5 Å². The van der Waals surface area contributed by atoms with E-state index in [1.54, 1.807) is 0 Å². The summed E-state index contributed by atoms with van der Waals surface area (Å²) >= 11 is 0. The molecule has 0 spiro atoms. The number of carbonyl (C=O) groups is 1. The highest BCUT2D eigenvalue weighted by molar-refractivity contribution is 5.87. The van der Waals surface area contributed by atoms with E-state index in [9.17, 15) is 4.79 Å². The molecule has 0 atom stereocenters. The van der Waals surface area contributed by atoms with Gasteiger partial charge in [0.05, 0.1) is 0 Å². The van der Waals surface area contributed by atoms with Gasteiger partial charge in [0.2, 0.25) is 0 Å². The fraction of sp³-hybridized carbons (Fsp3) is 0.0952. The summed E-state index contributed by atoms with van der Waals surface area (Å²) in [5.74, 6) is 0. The SMILES string of the molecule is CCc1c(C=O)cc(-c2ccccc2)cc1-c1ccccc1. The molecule has 108 valence electrons. The number of hydrogen-bond acceptors (Lipinski definition) is 1. The molecule has 3 aromatic carbocycles. The minimum Gasteiger partial charge on any atom is -0.298 e. The van der Waals surface area contributed by atoms with E-state index in [1.165, 1.54) is 0 Å². The molecule has 0 N–H and O–H groups in total. The first-order valence-electron chi connectivity index (χ1n) is 7.56. The lowest BCUT2D eigenvalue weighted by atomic mass is 9.90. The van der Waals surface area contributed by atoms with Crippen LogP contribution in [0.25, 0.3) is 22.3 Å². The molecule has 0 unspecified atom stereocenters. The maximum absolute atomic E-state index is 11.6. The summed E-state index contributed by atoms with van der Waals surface area (Å²) in [7, 11) is 0. The van der Waals surface area contributed by atoms with Crippen LogP contribution >= 0.6 is 0 Å².